The molecule has 0 unspecified atom stereocenters. The molecule has 1 amide bonds. The summed E-state index contributed by atoms with van der Waals surface area (Å²) in [7, 11) is 1.85. The highest BCUT2D eigenvalue weighted by atomic mass is 35.5. The van der Waals surface area contributed by atoms with Crippen LogP contribution in [0.1, 0.15) is 30.4 Å². The Labute approximate surface area is 190 Å². The van der Waals surface area contributed by atoms with E-state index < -0.39 is 0 Å². The van der Waals surface area contributed by atoms with E-state index in [-0.39, 0.29) is 5.91 Å². The van der Waals surface area contributed by atoms with Crippen LogP contribution in [0, 0.1) is 0 Å². The average molecular weight is 433 g/mol. The third-order valence-corrected chi connectivity index (χ3v) is 6.31. The molecule has 0 aromatic heterocycles. The van der Waals surface area contributed by atoms with Crippen molar-refractivity contribution in [3.8, 4) is 11.1 Å². The van der Waals surface area contributed by atoms with Gasteiger partial charge >= 0.3 is 0 Å². The minimum Gasteiger partial charge on any atom is -0.315 e. The van der Waals surface area contributed by atoms with E-state index in [1.165, 1.54) is 37.1 Å². The number of nitrogens with zero attached hydrogens (tertiary/aromatic N) is 2. The van der Waals surface area contributed by atoms with Crippen LogP contribution in [-0.4, -0.2) is 30.9 Å². The summed E-state index contributed by atoms with van der Waals surface area (Å²) >= 11 is 5.97. The molecular weight excluding hydrogens is 404 g/mol. The zero-order valence-corrected chi connectivity index (χ0v) is 18.8. The summed E-state index contributed by atoms with van der Waals surface area (Å²) in [6, 6.07) is 24.6. The molecule has 1 fully saturated rings. The van der Waals surface area contributed by atoms with Crippen LogP contribution in [0.2, 0.25) is 5.02 Å². The average Bonchev–Trinajstić information content (AvgIpc) is 3.32. The summed E-state index contributed by atoms with van der Waals surface area (Å²) in [5.74, 6) is 0.125. The van der Waals surface area contributed by atoms with Crippen molar-refractivity contribution < 1.29 is 4.79 Å². The van der Waals surface area contributed by atoms with Gasteiger partial charge in [-0.1, -0.05) is 60.1 Å². The molecule has 1 aliphatic heterocycles. The SMILES string of the molecule is CN(C(=O)CCc1ccc(CN2CCCC2)cc1)c1ccc(-c2ccc(Cl)cc2)cc1. The van der Waals surface area contributed by atoms with Gasteiger partial charge in [-0.3, -0.25) is 9.69 Å². The number of amides is 1. The predicted molar refractivity (Wildman–Crippen MR) is 130 cm³/mol. The largest absolute Gasteiger partial charge is 0.315 e. The minimum atomic E-state index is 0.125. The van der Waals surface area contributed by atoms with E-state index in [2.05, 4.69) is 29.2 Å². The maximum Gasteiger partial charge on any atom is 0.227 e. The van der Waals surface area contributed by atoms with Crippen LogP contribution in [0.5, 0.6) is 0 Å². The van der Waals surface area contributed by atoms with Gasteiger partial charge in [0.05, 0.1) is 0 Å². The fourth-order valence-electron chi connectivity index (χ4n) is 4.09. The minimum absolute atomic E-state index is 0.125. The van der Waals surface area contributed by atoms with Crippen LogP contribution in [0.4, 0.5) is 5.69 Å². The first-order valence-corrected chi connectivity index (χ1v) is 11.4. The van der Waals surface area contributed by atoms with Crippen molar-refractivity contribution in [2.75, 3.05) is 25.0 Å². The quantitative estimate of drug-likeness (QED) is 0.443. The summed E-state index contributed by atoms with van der Waals surface area (Å²) in [6.45, 7) is 3.46. The zero-order chi connectivity index (χ0) is 21.6. The Morgan fingerprint density at radius 2 is 1.39 bits per heavy atom. The van der Waals surface area contributed by atoms with Gasteiger partial charge in [0, 0.05) is 30.7 Å². The molecule has 0 radical (unpaired) electrons. The maximum absolute atomic E-state index is 12.7. The molecule has 1 aliphatic rings. The Kier molecular flexibility index (Phi) is 7.06. The lowest BCUT2D eigenvalue weighted by Gasteiger charge is -2.18. The van der Waals surface area contributed by atoms with E-state index in [1.807, 2.05) is 55.6 Å². The molecule has 4 rings (SSSR count). The lowest BCUT2D eigenvalue weighted by molar-refractivity contribution is -0.118. The highest BCUT2D eigenvalue weighted by molar-refractivity contribution is 6.30. The Morgan fingerprint density at radius 3 is 2.00 bits per heavy atom. The van der Waals surface area contributed by atoms with E-state index in [1.54, 1.807) is 4.90 Å². The van der Waals surface area contributed by atoms with Crippen molar-refractivity contribution in [1.82, 2.24) is 4.90 Å². The number of hydrogen-bond acceptors (Lipinski definition) is 2. The first-order chi connectivity index (χ1) is 15.1. The van der Waals surface area contributed by atoms with Crippen LogP contribution in [-0.2, 0) is 17.8 Å². The number of carbonyl (C=O) groups is 1. The topological polar surface area (TPSA) is 23.6 Å². The van der Waals surface area contributed by atoms with Crippen molar-refractivity contribution in [1.29, 1.82) is 0 Å². The van der Waals surface area contributed by atoms with Gasteiger partial charge in [-0.15, -0.1) is 0 Å². The number of hydrogen-bond donors (Lipinski definition) is 0. The lowest BCUT2D eigenvalue weighted by Crippen LogP contribution is -2.26. The summed E-state index contributed by atoms with van der Waals surface area (Å²) in [4.78, 5) is 17.0. The highest BCUT2D eigenvalue weighted by Crippen LogP contribution is 2.24. The molecule has 0 N–H and O–H groups in total. The molecule has 0 spiro atoms. The molecule has 0 aliphatic carbocycles. The number of benzene rings is 3. The first kappa shape index (κ1) is 21.6. The second-order valence-corrected chi connectivity index (χ2v) is 8.74. The summed E-state index contributed by atoms with van der Waals surface area (Å²) in [5.41, 5.74) is 5.69. The van der Waals surface area contributed by atoms with E-state index in [0.29, 0.717) is 6.42 Å². The fourth-order valence-corrected chi connectivity index (χ4v) is 4.22. The van der Waals surface area contributed by atoms with Gasteiger partial charge in [0.25, 0.3) is 0 Å². The normalized spacial score (nSPS) is 14.0. The van der Waals surface area contributed by atoms with E-state index >= 15 is 0 Å². The molecule has 160 valence electrons. The Hall–Kier alpha value is -2.62. The molecule has 4 heteroatoms. The molecule has 1 saturated heterocycles. The molecule has 0 bridgehead atoms. The lowest BCUT2D eigenvalue weighted by atomic mass is 10.0. The molecule has 1 heterocycles. The van der Waals surface area contributed by atoms with Crippen LogP contribution in [0.25, 0.3) is 11.1 Å². The molecule has 3 nitrogen and oxygen atoms in total. The smallest absolute Gasteiger partial charge is 0.227 e. The molecule has 0 atom stereocenters. The second kappa shape index (κ2) is 10.1. The molecule has 31 heavy (non-hydrogen) atoms. The van der Waals surface area contributed by atoms with Gasteiger partial charge in [0.15, 0.2) is 0 Å². The Balaban J connectivity index is 1.30. The van der Waals surface area contributed by atoms with Crippen LogP contribution < -0.4 is 4.90 Å². The van der Waals surface area contributed by atoms with Gasteiger partial charge in [0.1, 0.15) is 0 Å². The first-order valence-electron chi connectivity index (χ1n) is 11.0. The summed E-state index contributed by atoms with van der Waals surface area (Å²) in [6.07, 6.45) is 3.89. The highest BCUT2D eigenvalue weighted by Gasteiger charge is 2.13. The number of halogens is 1. The maximum atomic E-state index is 12.7. The van der Waals surface area contributed by atoms with Crippen molar-refractivity contribution in [3.05, 3.63) is 88.9 Å². The van der Waals surface area contributed by atoms with E-state index in [4.69, 9.17) is 11.6 Å². The van der Waals surface area contributed by atoms with Gasteiger partial charge in [-0.05, 0) is 78.9 Å². The fraction of sp³-hybridized carbons (Fsp3) is 0.296. The second-order valence-electron chi connectivity index (χ2n) is 8.31. The number of rotatable bonds is 7. The van der Waals surface area contributed by atoms with Crippen molar-refractivity contribution >= 4 is 23.2 Å². The zero-order valence-electron chi connectivity index (χ0n) is 18.1. The van der Waals surface area contributed by atoms with Crippen molar-refractivity contribution in [2.45, 2.75) is 32.2 Å². The predicted octanol–water partition coefficient (Wildman–Crippen LogP) is 6.20. The van der Waals surface area contributed by atoms with Gasteiger partial charge in [-0.25, -0.2) is 0 Å². The van der Waals surface area contributed by atoms with Crippen LogP contribution >= 0.6 is 11.6 Å². The number of aryl methyl sites for hydroxylation is 1. The third-order valence-electron chi connectivity index (χ3n) is 6.06. The Bertz CT molecular complexity index is 991. The number of likely N-dealkylation sites (tertiary alicyclic amines) is 1. The number of anilines is 1. The summed E-state index contributed by atoms with van der Waals surface area (Å²) < 4.78 is 0. The standard InChI is InChI=1S/C27H29ClN2O/c1-29(26-15-11-24(12-16-26)23-9-13-25(28)14-10-23)27(31)17-8-21-4-6-22(7-5-21)20-30-18-2-3-19-30/h4-7,9-16H,2-3,8,17-20H2,1H3. The van der Waals surface area contributed by atoms with Crippen LogP contribution in [0.15, 0.2) is 72.8 Å². The van der Waals surface area contributed by atoms with Crippen LogP contribution in [0.3, 0.4) is 0 Å². The molecular formula is C27H29ClN2O. The Morgan fingerprint density at radius 1 is 0.839 bits per heavy atom. The molecule has 3 aromatic rings. The van der Waals surface area contributed by atoms with Gasteiger partial charge in [0.2, 0.25) is 5.91 Å². The van der Waals surface area contributed by atoms with Crippen molar-refractivity contribution in [3.63, 3.8) is 0 Å². The van der Waals surface area contributed by atoms with E-state index in [9.17, 15) is 4.79 Å². The molecule has 0 saturated carbocycles. The van der Waals surface area contributed by atoms with Gasteiger partial charge < -0.3 is 4.90 Å². The van der Waals surface area contributed by atoms with Gasteiger partial charge in [-0.2, -0.15) is 0 Å². The third kappa shape index (κ3) is 5.75. The monoisotopic (exact) mass is 432 g/mol. The van der Waals surface area contributed by atoms with E-state index in [0.717, 1.165) is 34.8 Å². The molecule has 3 aromatic carbocycles. The van der Waals surface area contributed by atoms with Crippen molar-refractivity contribution in [2.24, 2.45) is 0 Å². The number of carbonyl (C=O) groups excluding carboxylic acids is 1. The summed E-state index contributed by atoms with van der Waals surface area (Å²) in [5, 5.41) is 0.729.